The highest BCUT2D eigenvalue weighted by atomic mass is 79.9. The van der Waals surface area contributed by atoms with Crippen molar-refractivity contribution in [2.45, 2.75) is 18.6 Å². The Bertz CT molecular complexity index is 942. The fraction of sp³-hybridized carbons (Fsp3) is 0.167. The lowest BCUT2D eigenvalue weighted by molar-refractivity contribution is -0.113. The Kier molecular flexibility index (Phi) is 6.81. The molecule has 0 bridgehead atoms. The average molecular weight is 486 g/mol. The summed E-state index contributed by atoms with van der Waals surface area (Å²) in [4.78, 5) is 12.3. The van der Waals surface area contributed by atoms with E-state index in [1.165, 1.54) is 11.8 Å². The van der Waals surface area contributed by atoms with Crippen LogP contribution in [0.3, 0.4) is 0 Å². The van der Waals surface area contributed by atoms with Gasteiger partial charge in [-0.2, -0.15) is 0 Å². The minimum atomic E-state index is -0.217. The van der Waals surface area contributed by atoms with Crippen LogP contribution in [0.25, 0.3) is 11.4 Å². The smallest absolute Gasteiger partial charge is 0.234 e. The van der Waals surface area contributed by atoms with Gasteiger partial charge in [0, 0.05) is 16.6 Å². The number of rotatable bonds is 6. The van der Waals surface area contributed by atoms with Crippen molar-refractivity contribution in [3.8, 4) is 11.4 Å². The molecule has 0 radical (unpaired) electrons. The molecule has 0 saturated heterocycles. The van der Waals surface area contributed by atoms with Gasteiger partial charge in [-0.1, -0.05) is 69.1 Å². The molecule has 0 aliphatic heterocycles. The number of halogens is 3. The number of carbonyl (C=O) groups is 1. The minimum Gasteiger partial charge on any atom is -0.323 e. The zero-order chi connectivity index (χ0) is 19.4. The predicted octanol–water partition coefficient (Wildman–Crippen LogP) is 5.77. The second kappa shape index (κ2) is 9.10. The first kappa shape index (κ1) is 20.2. The molecule has 0 unspecified atom stereocenters. The van der Waals surface area contributed by atoms with Crippen LogP contribution in [-0.4, -0.2) is 26.4 Å². The third kappa shape index (κ3) is 4.85. The number of para-hydroxylation sites is 1. The van der Waals surface area contributed by atoms with Gasteiger partial charge < -0.3 is 9.88 Å². The molecule has 1 aromatic heterocycles. The first-order chi connectivity index (χ1) is 13.0. The van der Waals surface area contributed by atoms with Gasteiger partial charge in [0.1, 0.15) is 0 Å². The van der Waals surface area contributed by atoms with E-state index in [9.17, 15) is 4.79 Å². The standard InChI is InChI=1S/C18H15BrCl2N4OS/c1-2-25-17(11-6-8-12(19)9-7-11)23-24-18(25)27-10-15(26)22-16-13(20)4-3-5-14(16)21/h3-9H,2,10H2,1H3,(H,22,26). The molecule has 140 valence electrons. The summed E-state index contributed by atoms with van der Waals surface area (Å²) >= 11 is 16.9. The molecule has 1 heterocycles. The van der Waals surface area contributed by atoms with Crippen molar-refractivity contribution in [2.24, 2.45) is 0 Å². The zero-order valence-electron chi connectivity index (χ0n) is 14.2. The van der Waals surface area contributed by atoms with E-state index in [0.717, 1.165) is 15.9 Å². The second-order valence-electron chi connectivity index (χ2n) is 5.49. The number of amides is 1. The number of aromatic nitrogens is 3. The van der Waals surface area contributed by atoms with E-state index in [2.05, 4.69) is 31.4 Å². The van der Waals surface area contributed by atoms with Crippen LogP contribution >= 0.6 is 50.9 Å². The molecule has 0 saturated carbocycles. The largest absolute Gasteiger partial charge is 0.323 e. The van der Waals surface area contributed by atoms with E-state index < -0.39 is 0 Å². The van der Waals surface area contributed by atoms with Gasteiger partial charge in [0.2, 0.25) is 5.91 Å². The normalized spacial score (nSPS) is 10.8. The maximum atomic E-state index is 12.3. The number of benzene rings is 2. The molecule has 0 fully saturated rings. The first-order valence-electron chi connectivity index (χ1n) is 8.05. The zero-order valence-corrected chi connectivity index (χ0v) is 18.2. The summed E-state index contributed by atoms with van der Waals surface area (Å²) < 4.78 is 2.97. The van der Waals surface area contributed by atoms with E-state index in [4.69, 9.17) is 23.2 Å². The fourth-order valence-corrected chi connectivity index (χ4v) is 3.97. The highest BCUT2D eigenvalue weighted by Crippen LogP contribution is 2.30. The van der Waals surface area contributed by atoms with Crippen LogP contribution < -0.4 is 5.32 Å². The summed E-state index contributed by atoms with van der Waals surface area (Å²) in [7, 11) is 0. The summed E-state index contributed by atoms with van der Waals surface area (Å²) in [6.45, 7) is 2.71. The van der Waals surface area contributed by atoms with Gasteiger partial charge in [-0.25, -0.2) is 0 Å². The van der Waals surface area contributed by atoms with E-state index in [1.807, 2.05) is 35.8 Å². The maximum absolute atomic E-state index is 12.3. The highest BCUT2D eigenvalue weighted by Gasteiger charge is 2.15. The highest BCUT2D eigenvalue weighted by molar-refractivity contribution is 9.10. The van der Waals surface area contributed by atoms with Crippen LogP contribution in [0.1, 0.15) is 6.92 Å². The molecule has 2 aromatic carbocycles. The third-order valence-corrected chi connectivity index (χ3v) is 5.82. The minimum absolute atomic E-state index is 0.167. The van der Waals surface area contributed by atoms with E-state index in [-0.39, 0.29) is 11.7 Å². The van der Waals surface area contributed by atoms with E-state index >= 15 is 0 Å². The van der Waals surface area contributed by atoms with Crippen LogP contribution in [0.5, 0.6) is 0 Å². The molecule has 0 atom stereocenters. The molecule has 0 aliphatic carbocycles. The van der Waals surface area contributed by atoms with Gasteiger partial charge in [-0.3, -0.25) is 4.79 Å². The van der Waals surface area contributed by atoms with Crippen molar-refractivity contribution in [1.29, 1.82) is 0 Å². The van der Waals surface area contributed by atoms with Crippen LogP contribution in [0.15, 0.2) is 52.1 Å². The fourth-order valence-electron chi connectivity index (χ4n) is 2.42. The van der Waals surface area contributed by atoms with Gasteiger partial charge in [0.25, 0.3) is 0 Å². The molecular formula is C18H15BrCl2N4OS. The van der Waals surface area contributed by atoms with Gasteiger partial charge >= 0.3 is 0 Å². The summed E-state index contributed by atoms with van der Waals surface area (Å²) in [6, 6.07) is 12.9. The number of anilines is 1. The Morgan fingerprint density at radius 3 is 2.44 bits per heavy atom. The predicted molar refractivity (Wildman–Crippen MR) is 115 cm³/mol. The van der Waals surface area contributed by atoms with Crippen molar-refractivity contribution < 1.29 is 4.79 Å². The molecule has 9 heteroatoms. The summed E-state index contributed by atoms with van der Waals surface area (Å²) in [6.07, 6.45) is 0. The number of nitrogens with zero attached hydrogens (tertiary/aromatic N) is 3. The molecule has 3 rings (SSSR count). The van der Waals surface area contributed by atoms with Gasteiger partial charge in [0.05, 0.1) is 21.5 Å². The van der Waals surface area contributed by atoms with Crippen molar-refractivity contribution in [1.82, 2.24) is 14.8 Å². The van der Waals surface area contributed by atoms with Crippen LogP contribution in [0.2, 0.25) is 10.0 Å². The molecule has 3 aromatic rings. The molecule has 0 spiro atoms. The van der Waals surface area contributed by atoms with Crippen LogP contribution in [0, 0.1) is 0 Å². The maximum Gasteiger partial charge on any atom is 0.234 e. The lowest BCUT2D eigenvalue weighted by Gasteiger charge is -2.10. The summed E-state index contributed by atoms with van der Waals surface area (Å²) in [5.74, 6) is 0.716. The molecule has 5 nitrogen and oxygen atoms in total. The Balaban J connectivity index is 1.71. The van der Waals surface area contributed by atoms with Gasteiger partial charge in [0.15, 0.2) is 11.0 Å². The summed E-state index contributed by atoms with van der Waals surface area (Å²) in [5.41, 5.74) is 1.38. The Morgan fingerprint density at radius 1 is 1.15 bits per heavy atom. The molecule has 27 heavy (non-hydrogen) atoms. The van der Waals surface area contributed by atoms with Crippen molar-refractivity contribution in [2.75, 3.05) is 11.1 Å². The Labute approximate surface area is 179 Å². The molecule has 1 N–H and O–H groups in total. The number of thioether (sulfide) groups is 1. The first-order valence-corrected chi connectivity index (χ1v) is 10.6. The Morgan fingerprint density at radius 2 is 1.81 bits per heavy atom. The molecular weight excluding hydrogens is 471 g/mol. The van der Waals surface area contributed by atoms with Crippen molar-refractivity contribution >= 4 is 62.5 Å². The second-order valence-corrected chi connectivity index (χ2v) is 8.16. The van der Waals surface area contributed by atoms with Crippen molar-refractivity contribution in [3.63, 3.8) is 0 Å². The van der Waals surface area contributed by atoms with Crippen molar-refractivity contribution in [3.05, 3.63) is 57.0 Å². The van der Waals surface area contributed by atoms with Gasteiger partial charge in [-0.15, -0.1) is 10.2 Å². The lowest BCUT2D eigenvalue weighted by atomic mass is 10.2. The number of nitrogens with one attached hydrogen (secondary N) is 1. The SMILES string of the molecule is CCn1c(SCC(=O)Nc2c(Cl)cccc2Cl)nnc1-c1ccc(Br)cc1. The topological polar surface area (TPSA) is 59.8 Å². The van der Waals surface area contributed by atoms with Gasteiger partial charge in [-0.05, 0) is 31.2 Å². The number of hydrogen-bond acceptors (Lipinski definition) is 4. The monoisotopic (exact) mass is 484 g/mol. The van der Waals surface area contributed by atoms with E-state index in [1.54, 1.807) is 18.2 Å². The average Bonchev–Trinajstić information content (AvgIpc) is 3.06. The summed E-state index contributed by atoms with van der Waals surface area (Å²) in [5, 5.41) is 12.7. The third-order valence-electron chi connectivity index (χ3n) is 3.70. The number of hydrogen-bond donors (Lipinski definition) is 1. The quantitative estimate of drug-likeness (QED) is 0.450. The van der Waals surface area contributed by atoms with E-state index in [0.29, 0.717) is 27.4 Å². The van der Waals surface area contributed by atoms with Crippen LogP contribution in [-0.2, 0) is 11.3 Å². The Hall–Kier alpha value is -1.54. The lowest BCUT2D eigenvalue weighted by Crippen LogP contribution is -2.15. The number of carbonyl (C=O) groups excluding carboxylic acids is 1. The molecule has 0 aliphatic rings. The molecule has 1 amide bonds. The van der Waals surface area contributed by atoms with Crippen LogP contribution in [0.4, 0.5) is 5.69 Å².